The SMILES string of the molecule is [PbH2].c1ccc2sccc2c1. The van der Waals surface area contributed by atoms with E-state index < -0.39 is 0 Å². The summed E-state index contributed by atoms with van der Waals surface area (Å²) in [5, 5.41) is 3.47. The summed E-state index contributed by atoms with van der Waals surface area (Å²) >= 11 is 1.79. The van der Waals surface area contributed by atoms with Crippen molar-refractivity contribution in [2.45, 2.75) is 0 Å². The minimum atomic E-state index is 0. The molecule has 0 aliphatic heterocycles. The molecule has 0 saturated heterocycles. The van der Waals surface area contributed by atoms with Crippen LogP contribution in [-0.2, 0) is 0 Å². The van der Waals surface area contributed by atoms with Crippen molar-refractivity contribution in [2.75, 3.05) is 0 Å². The number of hydrogen-bond acceptors (Lipinski definition) is 1. The number of fused-ring (bicyclic) bond motifs is 1. The van der Waals surface area contributed by atoms with Crippen molar-refractivity contribution in [3.63, 3.8) is 0 Å². The first kappa shape index (κ1) is 8.20. The summed E-state index contributed by atoms with van der Waals surface area (Å²) in [6.07, 6.45) is 0. The van der Waals surface area contributed by atoms with E-state index in [-0.39, 0.29) is 27.3 Å². The molecule has 0 atom stereocenters. The van der Waals surface area contributed by atoms with Gasteiger partial charge in [0.15, 0.2) is 0 Å². The third-order valence-electron chi connectivity index (χ3n) is 1.36. The Morgan fingerprint density at radius 1 is 1.00 bits per heavy atom. The number of rotatable bonds is 0. The van der Waals surface area contributed by atoms with E-state index in [1.807, 2.05) is 0 Å². The van der Waals surface area contributed by atoms with E-state index in [4.69, 9.17) is 0 Å². The van der Waals surface area contributed by atoms with Gasteiger partial charge in [-0.25, -0.2) is 0 Å². The zero-order valence-electron chi connectivity index (χ0n) is 5.58. The number of thiophene rings is 1. The third kappa shape index (κ3) is 1.40. The second kappa shape index (κ2) is 3.48. The molecule has 0 bridgehead atoms. The average Bonchev–Trinajstić information content (AvgIpc) is 2.33. The Morgan fingerprint density at radius 2 is 1.80 bits per heavy atom. The summed E-state index contributed by atoms with van der Waals surface area (Å²) in [5.41, 5.74) is 0. The summed E-state index contributed by atoms with van der Waals surface area (Å²) in [4.78, 5) is 0. The maximum atomic E-state index is 2.14. The molecule has 0 amide bonds. The summed E-state index contributed by atoms with van der Waals surface area (Å²) < 4.78 is 1.37. The van der Waals surface area contributed by atoms with E-state index >= 15 is 0 Å². The minimum Gasteiger partial charge on any atom is -0.144 e. The van der Waals surface area contributed by atoms with Crippen molar-refractivity contribution in [1.82, 2.24) is 0 Å². The predicted molar refractivity (Wildman–Crippen MR) is 50.4 cm³/mol. The Bertz CT molecular complexity index is 283. The first-order chi connectivity index (χ1) is 4.47. The van der Waals surface area contributed by atoms with Crippen LogP contribution in [0.1, 0.15) is 0 Å². The van der Waals surface area contributed by atoms with Gasteiger partial charge in [-0.2, -0.15) is 0 Å². The molecule has 50 valence electrons. The van der Waals surface area contributed by atoms with E-state index in [0.29, 0.717) is 0 Å². The van der Waals surface area contributed by atoms with Gasteiger partial charge in [0.25, 0.3) is 0 Å². The average molecular weight is 343 g/mol. The molecule has 0 spiro atoms. The van der Waals surface area contributed by atoms with E-state index in [9.17, 15) is 0 Å². The van der Waals surface area contributed by atoms with Crippen molar-refractivity contribution in [1.29, 1.82) is 0 Å². The Morgan fingerprint density at radius 3 is 2.60 bits per heavy atom. The van der Waals surface area contributed by atoms with Crippen molar-refractivity contribution >= 4 is 48.7 Å². The summed E-state index contributed by atoms with van der Waals surface area (Å²) in [6, 6.07) is 10.5. The molecule has 1 aromatic carbocycles. The standard InChI is InChI=1S/C8H6S.Pb.2H/c1-2-4-8-7(3-1)5-6-9-8;;;/h1-6H;;;. The maximum Gasteiger partial charge on any atom is 0.0342 e. The van der Waals surface area contributed by atoms with Crippen LogP contribution in [0.2, 0.25) is 0 Å². The summed E-state index contributed by atoms with van der Waals surface area (Å²) in [7, 11) is 0. The zero-order valence-corrected chi connectivity index (χ0v) is 11.9. The van der Waals surface area contributed by atoms with E-state index in [1.54, 1.807) is 11.3 Å². The predicted octanol–water partition coefficient (Wildman–Crippen LogP) is 1.99. The monoisotopic (exact) mass is 344 g/mol. The molecule has 1 heterocycles. The first-order valence-corrected chi connectivity index (χ1v) is 3.77. The molecule has 2 rings (SSSR count). The fourth-order valence-corrected chi connectivity index (χ4v) is 1.70. The van der Waals surface area contributed by atoms with E-state index in [0.717, 1.165) is 0 Å². The van der Waals surface area contributed by atoms with Gasteiger partial charge in [-0.1, -0.05) is 18.2 Å². The molecule has 10 heavy (non-hydrogen) atoms. The van der Waals surface area contributed by atoms with Gasteiger partial charge in [-0.15, -0.1) is 11.3 Å². The first-order valence-electron chi connectivity index (χ1n) is 2.89. The Hall–Kier alpha value is 0.102. The molecule has 2 radical (unpaired) electrons. The summed E-state index contributed by atoms with van der Waals surface area (Å²) in [6.45, 7) is 0. The van der Waals surface area contributed by atoms with Crippen molar-refractivity contribution in [2.24, 2.45) is 0 Å². The molecule has 0 fully saturated rings. The van der Waals surface area contributed by atoms with Crippen LogP contribution < -0.4 is 0 Å². The third-order valence-corrected chi connectivity index (χ3v) is 2.26. The van der Waals surface area contributed by atoms with Crippen molar-refractivity contribution < 1.29 is 0 Å². The van der Waals surface area contributed by atoms with Crippen LogP contribution in [0, 0.1) is 0 Å². The molecule has 0 saturated carbocycles. The summed E-state index contributed by atoms with van der Waals surface area (Å²) in [5.74, 6) is 0. The van der Waals surface area contributed by atoms with Gasteiger partial charge in [0.1, 0.15) is 0 Å². The van der Waals surface area contributed by atoms with Crippen LogP contribution in [-0.4, -0.2) is 27.3 Å². The Labute approximate surface area is 84.0 Å². The van der Waals surface area contributed by atoms with E-state index in [1.165, 1.54) is 10.1 Å². The van der Waals surface area contributed by atoms with Crippen molar-refractivity contribution in [3.8, 4) is 0 Å². The fraction of sp³-hybridized carbons (Fsp3) is 0. The van der Waals surface area contributed by atoms with Crippen molar-refractivity contribution in [3.05, 3.63) is 35.7 Å². The fourth-order valence-electron chi connectivity index (χ4n) is 0.906. The van der Waals surface area contributed by atoms with Crippen LogP contribution in [0.25, 0.3) is 10.1 Å². The molecule has 2 aromatic rings. The van der Waals surface area contributed by atoms with Crippen LogP contribution >= 0.6 is 11.3 Å². The van der Waals surface area contributed by atoms with E-state index in [2.05, 4.69) is 35.7 Å². The van der Waals surface area contributed by atoms with Gasteiger partial charge in [0.2, 0.25) is 0 Å². The molecule has 0 N–H and O–H groups in total. The molecule has 1 aromatic heterocycles. The maximum absolute atomic E-state index is 2.14. The molecule has 0 aliphatic carbocycles. The van der Waals surface area contributed by atoms with Gasteiger partial charge in [-0.3, -0.25) is 0 Å². The second-order valence-electron chi connectivity index (χ2n) is 1.96. The largest absolute Gasteiger partial charge is 0.144 e. The molecule has 2 heteroatoms. The molecule has 0 nitrogen and oxygen atoms in total. The Kier molecular flexibility index (Phi) is 2.85. The van der Waals surface area contributed by atoms with Crippen LogP contribution in [0.15, 0.2) is 35.7 Å². The minimum absolute atomic E-state index is 0. The van der Waals surface area contributed by atoms with Gasteiger partial charge in [0.05, 0.1) is 0 Å². The van der Waals surface area contributed by atoms with Gasteiger partial charge in [0, 0.05) is 4.70 Å². The van der Waals surface area contributed by atoms with Gasteiger partial charge < -0.3 is 0 Å². The Balaban J connectivity index is 0.000000500. The molecule has 0 unspecified atom stereocenters. The van der Waals surface area contributed by atoms with Crippen LogP contribution in [0.4, 0.5) is 0 Å². The normalized spacial score (nSPS) is 9.20. The quantitative estimate of drug-likeness (QED) is 0.642. The van der Waals surface area contributed by atoms with Gasteiger partial charge in [-0.05, 0) is 22.9 Å². The van der Waals surface area contributed by atoms with Crippen LogP contribution in [0.3, 0.4) is 0 Å². The smallest absolute Gasteiger partial charge is 0.0342 e. The van der Waals surface area contributed by atoms with Gasteiger partial charge >= 0.3 is 27.3 Å². The van der Waals surface area contributed by atoms with Crippen LogP contribution in [0.5, 0.6) is 0 Å². The molecular weight excluding hydrogens is 335 g/mol. The molecular formula is C8H8PbS. The zero-order chi connectivity index (χ0) is 6.10. The number of hydrogen-bond donors (Lipinski definition) is 0. The number of benzene rings is 1. The second-order valence-corrected chi connectivity index (χ2v) is 2.91. The molecule has 0 aliphatic rings. The topological polar surface area (TPSA) is 0 Å².